The molecule has 1 saturated carbocycles. The molecule has 16 heavy (non-hydrogen) atoms. The summed E-state index contributed by atoms with van der Waals surface area (Å²) in [5, 5.41) is 3.36. The number of hydrogen-bond acceptors (Lipinski definition) is 4. The van der Waals surface area contributed by atoms with Gasteiger partial charge in [0.1, 0.15) is 5.82 Å². The van der Waals surface area contributed by atoms with Gasteiger partial charge < -0.3 is 11.1 Å². The molecular weight excluding hydrogens is 200 g/mol. The zero-order valence-corrected chi connectivity index (χ0v) is 9.87. The van der Waals surface area contributed by atoms with E-state index in [0.29, 0.717) is 11.4 Å². The monoisotopic (exact) mass is 220 g/mol. The van der Waals surface area contributed by atoms with Crippen LogP contribution in [-0.2, 0) is 0 Å². The summed E-state index contributed by atoms with van der Waals surface area (Å²) in [5.74, 6) is 1.16. The van der Waals surface area contributed by atoms with Crippen molar-refractivity contribution in [3.8, 4) is 0 Å². The van der Waals surface area contributed by atoms with Gasteiger partial charge in [-0.1, -0.05) is 26.2 Å². The molecule has 0 aromatic carbocycles. The number of hydrogen-bond donors (Lipinski definition) is 2. The minimum absolute atomic E-state index is 0.332. The Bertz CT molecular complexity index is 345. The summed E-state index contributed by atoms with van der Waals surface area (Å²) < 4.78 is 0. The molecule has 1 heterocycles. The average molecular weight is 220 g/mol. The van der Waals surface area contributed by atoms with Gasteiger partial charge >= 0.3 is 0 Å². The molecule has 1 aromatic rings. The largest absolute Gasteiger partial charge is 0.369 e. The lowest BCUT2D eigenvalue weighted by molar-refractivity contribution is 0.233. The first-order valence-corrected chi connectivity index (χ1v) is 6.00. The molecule has 4 heteroatoms. The van der Waals surface area contributed by atoms with Crippen LogP contribution in [0.3, 0.4) is 0 Å². The molecule has 0 saturated heterocycles. The van der Waals surface area contributed by atoms with Crippen LogP contribution in [0.1, 0.15) is 39.0 Å². The van der Waals surface area contributed by atoms with E-state index in [1.807, 2.05) is 6.07 Å². The molecule has 4 nitrogen and oxygen atoms in total. The van der Waals surface area contributed by atoms with Crippen molar-refractivity contribution in [2.75, 3.05) is 17.6 Å². The van der Waals surface area contributed by atoms with Crippen molar-refractivity contribution in [1.29, 1.82) is 0 Å². The molecule has 2 rings (SSSR count). The number of aromatic nitrogens is 2. The van der Waals surface area contributed by atoms with Crippen molar-refractivity contribution >= 4 is 11.8 Å². The minimum atomic E-state index is 0.332. The van der Waals surface area contributed by atoms with E-state index in [4.69, 9.17) is 5.73 Å². The lowest BCUT2D eigenvalue weighted by Gasteiger charge is -2.33. The van der Waals surface area contributed by atoms with Gasteiger partial charge in [0.25, 0.3) is 0 Å². The number of anilines is 2. The van der Waals surface area contributed by atoms with Crippen LogP contribution in [0.5, 0.6) is 0 Å². The molecule has 0 radical (unpaired) electrons. The van der Waals surface area contributed by atoms with E-state index in [9.17, 15) is 0 Å². The van der Waals surface area contributed by atoms with E-state index in [2.05, 4.69) is 22.2 Å². The second kappa shape index (κ2) is 4.68. The summed E-state index contributed by atoms with van der Waals surface area (Å²) in [6, 6.07) is 1.86. The van der Waals surface area contributed by atoms with Crippen molar-refractivity contribution in [2.24, 2.45) is 5.41 Å². The van der Waals surface area contributed by atoms with Crippen LogP contribution in [0.15, 0.2) is 12.3 Å². The molecule has 1 fully saturated rings. The summed E-state index contributed by atoms with van der Waals surface area (Å²) in [5.41, 5.74) is 5.95. The smallest absolute Gasteiger partial charge is 0.221 e. The first-order valence-electron chi connectivity index (χ1n) is 6.00. The zero-order valence-electron chi connectivity index (χ0n) is 9.87. The molecule has 0 aliphatic heterocycles. The van der Waals surface area contributed by atoms with Crippen LogP contribution < -0.4 is 11.1 Å². The van der Waals surface area contributed by atoms with Gasteiger partial charge in [-0.15, -0.1) is 0 Å². The predicted molar refractivity (Wildman–Crippen MR) is 66.1 cm³/mol. The number of rotatable bonds is 3. The Morgan fingerprint density at radius 3 is 2.81 bits per heavy atom. The van der Waals surface area contributed by atoms with Crippen molar-refractivity contribution in [1.82, 2.24) is 9.97 Å². The fraction of sp³-hybridized carbons (Fsp3) is 0.667. The van der Waals surface area contributed by atoms with Gasteiger partial charge in [0, 0.05) is 12.7 Å². The average Bonchev–Trinajstić information content (AvgIpc) is 2.28. The molecule has 1 aliphatic carbocycles. The molecule has 0 unspecified atom stereocenters. The Balaban J connectivity index is 1.91. The van der Waals surface area contributed by atoms with Crippen LogP contribution >= 0.6 is 0 Å². The van der Waals surface area contributed by atoms with E-state index < -0.39 is 0 Å². The number of nitrogens with one attached hydrogen (secondary N) is 1. The SMILES string of the molecule is CC1(CNc2ccnc(N)n2)CCCCC1. The maximum atomic E-state index is 5.54. The Labute approximate surface area is 96.7 Å². The van der Waals surface area contributed by atoms with E-state index in [1.165, 1.54) is 32.1 Å². The molecule has 1 aromatic heterocycles. The van der Waals surface area contributed by atoms with E-state index >= 15 is 0 Å². The molecule has 0 atom stereocenters. The minimum Gasteiger partial charge on any atom is -0.369 e. The molecule has 0 spiro atoms. The van der Waals surface area contributed by atoms with Crippen LogP contribution in [0, 0.1) is 5.41 Å². The van der Waals surface area contributed by atoms with Gasteiger partial charge in [0.15, 0.2) is 0 Å². The van der Waals surface area contributed by atoms with Gasteiger partial charge in [-0.05, 0) is 24.3 Å². The Morgan fingerprint density at radius 1 is 1.38 bits per heavy atom. The quantitative estimate of drug-likeness (QED) is 0.821. The highest BCUT2D eigenvalue weighted by molar-refractivity contribution is 5.37. The Kier molecular flexibility index (Phi) is 3.27. The molecule has 3 N–H and O–H groups in total. The highest BCUT2D eigenvalue weighted by Gasteiger charge is 2.26. The Morgan fingerprint density at radius 2 is 2.12 bits per heavy atom. The maximum absolute atomic E-state index is 5.54. The van der Waals surface area contributed by atoms with Crippen molar-refractivity contribution < 1.29 is 0 Å². The maximum Gasteiger partial charge on any atom is 0.221 e. The van der Waals surface area contributed by atoms with Crippen molar-refractivity contribution in [3.05, 3.63) is 12.3 Å². The highest BCUT2D eigenvalue weighted by Crippen LogP contribution is 2.35. The fourth-order valence-corrected chi connectivity index (χ4v) is 2.36. The summed E-state index contributed by atoms with van der Waals surface area (Å²) in [6.45, 7) is 3.33. The second-order valence-electron chi connectivity index (χ2n) is 5.02. The topological polar surface area (TPSA) is 63.8 Å². The molecule has 1 aliphatic rings. The third-order valence-electron chi connectivity index (χ3n) is 3.43. The highest BCUT2D eigenvalue weighted by atomic mass is 15.1. The van der Waals surface area contributed by atoms with E-state index in [-0.39, 0.29) is 0 Å². The third-order valence-corrected chi connectivity index (χ3v) is 3.43. The van der Waals surface area contributed by atoms with Crippen LogP contribution in [0.25, 0.3) is 0 Å². The normalized spacial score (nSPS) is 19.3. The lowest BCUT2D eigenvalue weighted by Crippen LogP contribution is -2.29. The van der Waals surface area contributed by atoms with Gasteiger partial charge in [0.2, 0.25) is 5.95 Å². The van der Waals surface area contributed by atoms with Crippen LogP contribution in [0.4, 0.5) is 11.8 Å². The fourth-order valence-electron chi connectivity index (χ4n) is 2.36. The lowest BCUT2D eigenvalue weighted by atomic mass is 9.76. The number of nitrogens with zero attached hydrogens (tertiary/aromatic N) is 2. The first kappa shape index (κ1) is 11.2. The van der Waals surface area contributed by atoms with Gasteiger partial charge in [0.05, 0.1) is 0 Å². The zero-order chi connectivity index (χ0) is 11.4. The van der Waals surface area contributed by atoms with Gasteiger partial charge in [-0.2, -0.15) is 4.98 Å². The second-order valence-corrected chi connectivity index (χ2v) is 5.02. The summed E-state index contributed by atoms with van der Waals surface area (Å²) >= 11 is 0. The molecule has 88 valence electrons. The number of nitrogen functional groups attached to an aromatic ring is 1. The summed E-state index contributed by atoms with van der Waals surface area (Å²) in [4.78, 5) is 8.02. The van der Waals surface area contributed by atoms with Crippen LogP contribution in [-0.4, -0.2) is 16.5 Å². The van der Waals surface area contributed by atoms with Crippen LogP contribution in [0.2, 0.25) is 0 Å². The summed E-state index contributed by atoms with van der Waals surface area (Å²) in [7, 11) is 0. The predicted octanol–water partition coefficient (Wildman–Crippen LogP) is 2.44. The first-order chi connectivity index (χ1) is 7.68. The van der Waals surface area contributed by atoms with Gasteiger partial charge in [-0.3, -0.25) is 0 Å². The molecule has 0 bridgehead atoms. The molecule has 0 amide bonds. The molecular formula is C12H20N4. The standard InChI is InChI=1S/C12H20N4/c1-12(6-3-2-4-7-12)9-15-10-5-8-14-11(13)16-10/h5,8H,2-4,6-7,9H2,1H3,(H3,13,14,15,16). The van der Waals surface area contributed by atoms with Crippen molar-refractivity contribution in [2.45, 2.75) is 39.0 Å². The van der Waals surface area contributed by atoms with E-state index in [0.717, 1.165) is 12.4 Å². The van der Waals surface area contributed by atoms with Crippen molar-refractivity contribution in [3.63, 3.8) is 0 Å². The third kappa shape index (κ3) is 2.84. The van der Waals surface area contributed by atoms with E-state index in [1.54, 1.807) is 6.20 Å². The summed E-state index contributed by atoms with van der Waals surface area (Å²) in [6.07, 6.45) is 8.39. The number of nitrogens with two attached hydrogens (primary N) is 1. The van der Waals surface area contributed by atoms with Gasteiger partial charge in [-0.25, -0.2) is 4.98 Å². The Hall–Kier alpha value is -1.32.